The number of primary amides is 1. The second-order valence-electron chi connectivity index (χ2n) is 8.13. The molecule has 3 rings (SSSR count). The average Bonchev–Trinajstić information content (AvgIpc) is 3.29. The number of allylic oxidation sites excluding steroid dienone is 1. The van der Waals surface area contributed by atoms with Gasteiger partial charge in [-0.15, -0.1) is 0 Å². The molecule has 2 heterocycles. The van der Waals surface area contributed by atoms with Gasteiger partial charge in [0.25, 0.3) is 12.0 Å². The maximum absolute atomic E-state index is 13.1. The normalized spacial score (nSPS) is 12.0. The van der Waals surface area contributed by atoms with E-state index in [1.54, 1.807) is 30.3 Å². The molecule has 13 heteroatoms. The van der Waals surface area contributed by atoms with Gasteiger partial charge >= 0.3 is 6.09 Å². The minimum absolute atomic E-state index is 0.0288. The third-order valence-corrected chi connectivity index (χ3v) is 5.36. The van der Waals surface area contributed by atoms with Crippen LogP contribution >= 0.6 is 0 Å². The van der Waals surface area contributed by atoms with Gasteiger partial charge in [0.15, 0.2) is 0 Å². The minimum Gasteiger partial charge on any atom is -0.485 e. The van der Waals surface area contributed by atoms with Crippen LogP contribution in [0.4, 0.5) is 19.3 Å². The molecule has 5 N–H and O–H groups in total. The van der Waals surface area contributed by atoms with Crippen LogP contribution in [-0.2, 0) is 20.9 Å². The highest BCUT2D eigenvalue weighted by Gasteiger charge is 2.22. The standard InChI is InChI=1S/C25H27F2N5O6/c1-37-25(36)31-17(7-2-3-10-21(28)33)23(34)30-18-8-5-11-32(24(18)35)13-16-12-15-6-4-9-19(22(15)29-16)38-14-20(26)27/h3-6,8-12,17,20,29H,2,7,13-14H2,1H3,(H2,28,33)(H,30,34)(H,31,36)/b10-3+. The topological polar surface area (TPSA) is 158 Å². The van der Waals surface area contributed by atoms with Crippen LogP contribution in [0.15, 0.2) is 59.5 Å². The van der Waals surface area contributed by atoms with Gasteiger partial charge in [0.2, 0.25) is 11.8 Å². The van der Waals surface area contributed by atoms with Crippen LogP contribution in [0, 0.1) is 0 Å². The molecule has 3 aromatic rings. The Hall–Kier alpha value is -4.68. The lowest BCUT2D eigenvalue weighted by atomic mass is 10.1. The summed E-state index contributed by atoms with van der Waals surface area (Å²) in [5, 5.41) is 5.62. The summed E-state index contributed by atoms with van der Waals surface area (Å²) < 4.78 is 36.2. The third kappa shape index (κ3) is 7.66. The van der Waals surface area contributed by atoms with E-state index in [4.69, 9.17) is 10.5 Å². The summed E-state index contributed by atoms with van der Waals surface area (Å²) in [6.45, 7) is -0.658. The Bertz CT molecular complexity index is 1380. The lowest BCUT2D eigenvalue weighted by Gasteiger charge is -2.17. The Balaban J connectivity index is 1.76. The highest BCUT2D eigenvalue weighted by molar-refractivity contribution is 5.96. The van der Waals surface area contributed by atoms with Crippen LogP contribution in [0.2, 0.25) is 0 Å². The number of aromatic amines is 1. The van der Waals surface area contributed by atoms with Crippen LogP contribution in [0.25, 0.3) is 10.9 Å². The number of para-hydroxylation sites is 1. The van der Waals surface area contributed by atoms with Crippen molar-refractivity contribution < 1.29 is 32.6 Å². The monoisotopic (exact) mass is 531 g/mol. The molecule has 11 nitrogen and oxygen atoms in total. The van der Waals surface area contributed by atoms with E-state index >= 15 is 0 Å². The number of hydrogen-bond donors (Lipinski definition) is 4. The van der Waals surface area contributed by atoms with Gasteiger partial charge in [-0.3, -0.25) is 14.4 Å². The highest BCUT2D eigenvalue weighted by atomic mass is 19.3. The molecule has 38 heavy (non-hydrogen) atoms. The van der Waals surface area contributed by atoms with Gasteiger partial charge in [-0.25, -0.2) is 13.6 Å². The average molecular weight is 532 g/mol. The van der Waals surface area contributed by atoms with Crippen molar-refractivity contribution >= 4 is 34.5 Å². The van der Waals surface area contributed by atoms with Crippen molar-refractivity contribution in [1.82, 2.24) is 14.9 Å². The number of ether oxygens (including phenoxy) is 2. The number of anilines is 1. The van der Waals surface area contributed by atoms with Gasteiger partial charge in [0.1, 0.15) is 24.1 Å². The lowest BCUT2D eigenvalue weighted by Crippen LogP contribution is -2.44. The van der Waals surface area contributed by atoms with Crippen molar-refractivity contribution in [3.05, 3.63) is 70.8 Å². The van der Waals surface area contributed by atoms with Crippen LogP contribution < -0.4 is 26.7 Å². The number of aromatic nitrogens is 2. The van der Waals surface area contributed by atoms with E-state index in [-0.39, 0.29) is 30.8 Å². The van der Waals surface area contributed by atoms with Gasteiger partial charge < -0.3 is 35.4 Å². The molecule has 0 spiro atoms. The third-order valence-electron chi connectivity index (χ3n) is 5.36. The smallest absolute Gasteiger partial charge is 0.407 e. The number of nitrogens with two attached hydrogens (primary N) is 1. The number of rotatable bonds is 12. The first kappa shape index (κ1) is 27.9. The number of H-pyrrole nitrogens is 1. The number of benzene rings is 1. The Kier molecular flexibility index (Phi) is 9.57. The number of amides is 3. The van der Waals surface area contributed by atoms with E-state index in [1.807, 2.05) is 0 Å². The fourth-order valence-corrected chi connectivity index (χ4v) is 3.64. The summed E-state index contributed by atoms with van der Waals surface area (Å²) in [4.78, 5) is 51.6. The van der Waals surface area contributed by atoms with Crippen molar-refractivity contribution in [3.8, 4) is 5.75 Å². The number of alkyl carbamates (subject to hydrolysis) is 1. The van der Waals surface area contributed by atoms with Gasteiger partial charge in [0, 0.05) is 17.3 Å². The van der Waals surface area contributed by atoms with E-state index in [0.717, 1.165) is 13.2 Å². The number of pyridine rings is 1. The Morgan fingerprint density at radius 3 is 2.71 bits per heavy atom. The first-order valence-corrected chi connectivity index (χ1v) is 11.5. The summed E-state index contributed by atoms with van der Waals surface area (Å²) in [7, 11) is 1.14. The molecule has 1 unspecified atom stereocenters. The van der Waals surface area contributed by atoms with Gasteiger partial charge in [0.05, 0.1) is 19.2 Å². The number of carbonyl (C=O) groups excluding carboxylic acids is 3. The Morgan fingerprint density at radius 2 is 2.00 bits per heavy atom. The number of nitrogens with one attached hydrogen (secondary N) is 3. The maximum atomic E-state index is 13.1. The molecule has 1 atom stereocenters. The zero-order valence-electron chi connectivity index (χ0n) is 20.4. The van der Waals surface area contributed by atoms with E-state index in [1.165, 1.54) is 22.9 Å². The Labute approximate surface area is 215 Å². The van der Waals surface area contributed by atoms with Crippen molar-refractivity contribution in [1.29, 1.82) is 0 Å². The predicted octanol–water partition coefficient (Wildman–Crippen LogP) is 2.51. The first-order valence-electron chi connectivity index (χ1n) is 11.5. The number of nitrogens with zero attached hydrogens (tertiary/aromatic N) is 1. The molecule has 2 aromatic heterocycles. The van der Waals surface area contributed by atoms with Crippen molar-refractivity contribution in [2.45, 2.75) is 31.9 Å². The molecule has 1 aromatic carbocycles. The number of methoxy groups -OCH3 is 1. The minimum atomic E-state index is -2.62. The van der Waals surface area contributed by atoms with Crippen LogP contribution in [0.3, 0.4) is 0 Å². The summed E-state index contributed by atoms with van der Waals surface area (Å²) in [6.07, 6.45) is 1.01. The SMILES string of the molecule is COC(=O)NC(CC/C=C/C(N)=O)C(=O)Nc1cccn(Cc2cc3cccc(OCC(F)F)c3[nH]2)c1=O. The van der Waals surface area contributed by atoms with Gasteiger partial charge in [-0.1, -0.05) is 18.2 Å². The summed E-state index contributed by atoms with van der Waals surface area (Å²) in [5.41, 5.74) is 5.62. The number of halogens is 2. The molecule has 0 saturated carbocycles. The van der Waals surface area contributed by atoms with Crippen LogP contribution in [0.5, 0.6) is 5.75 Å². The molecular formula is C25H27F2N5O6. The van der Waals surface area contributed by atoms with Crippen molar-refractivity contribution in [2.75, 3.05) is 19.0 Å². The highest BCUT2D eigenvalue weighted by Crippen LogP contribution is 2.26. The molecule has 0 bridgehead atoms. The predicted molar refractivity (Wildman–Crippen MR) is 135 cm³/mol. The second-order valence-corrected chi connectivity index (χ2v) is 8.13. The molecule has 0 aliphatic heterocycles. The van der Waals surface area contributed by atoms with E-state index < -0.39 is 42.5 Å². The second kappa shape index (κ2) is 13.0. The van der Waals surface area contributed by atoms with E-state index in [2.05, 4.69) is 20.4 Å². The summed E-state index contributed by atoms with van der Waals surface area (Å²) in [6, 6.07) is 8.69. The number of carbonyl (C=O) groups is 3. The molecule has 0 fully saturated rings. The summed E-state index contributed by atoms with van der Waals surface area (Å²) >= 11 is 0. The molecular weight excluding hydrogens is 504 g/mol. The molecule has 0 aliphatic carbocycles. The zero-order chi connectivity index (χ0) is 27.7. The van der Waals surface area contributed by atoms with Crippen molar-refractivity contribution in [3.63, 3.8) is 0 Å². The number of hydrogen-bond acceptors (Lipinski definition) is 6. The fourth-order valence-electron chi connectivity index (χ4n) is 3.64. The van der Waals surface area contributed by atoms with Crippen LogP contribution in [-0.4, -0.2) is 53.6 Å². The van der Waals surface area contributed by atoms with Gasteiger partial charge in [-0.05, 0) is 43.2 Å². The quantitative estimate of drug-likeness (QED) is 0.263. The first-order chi connectivity index (χ1) is 18.2. The lowest BCUT2D eigenvalue weighted by molar-refractivity contribution is -0.118. The van der Waals surface area contributed by atoms with Gasteiger partial charge in [-0.2, -0.15) is 0 Å². The molecule has 0 saturated heterocycles. The van der Waals surface area contributed by atoms with E-state index in [0.29, 0.717) is 16.6 Å². The van der Waals surface area contributed by atoms with Crippen LogP contribution in [0.1, 0.15) is 18.5 Å². The molecule has 0 radical (unpaired) electrons. The number of alkyl halides is 2. The Morgan fingerprint density at radius 1 is 1.21 bits per heavy atom. The molecule has 3 amide bonds. The molecule has 202 valence electrons. The molecule has 0 aliphatic rings. The van der Waals surface area contributed by atoms with E-state index in [9.17, 15) is 28.0 Å². The zero-order valence-corrected chi connectivity index (χ0v) is 20.4. The largest absolute Gasteiger partial charge is 0.485 e. The number of fused-ring (bicyclic) bond motifs is 1. The maximum Gasteiger partial charge on any atom is 0.407 e. The van der Waals surface area contributed by atoms with Crippen molar-refractivity contribution in [2.24, 2.45) is 5.73 Å². The summed E-state index contributed by atoms with van der Waals surface area (Å²) in [5.74, 6) is -1.05. The fraction of sp³-hybridized carbons (Fsp3) is 0.280.